The number of hydrogen-bond acceptors (Lipinski definition) is 4. The Balaban J connectivity index is 1.37. The van der Waals surface area contributed by atoms with E-state index in [1.54, 1.807) is 24.4 Å². The van der Waals surface area contributed by atoms with Crippen LogP contribution >= 0.6 is 11.6 Å². The second-order valence-corrected chi connectivity index (χ2v) is 7.28. The summed E-state index contributed by atoms with van der Waals surface area (Å²) in [7, 11) is 0. The lowest BCUT2D eigenvalue weighted by molar-refractivity contribution is 0.0954. The Morgan fingerprint density at radius 2 is 1.65 bits per heavy atom. The first-order valence-corrected chi connectivity index (χ1v) is 10.2. The maximum absolute atomic E-state index is 12.4. The normalized spacial score (nSPS) is 10.5. The molecule has 0 saturated carbocycles. The molecule has 31 heavy (non-hydrogen) atoms. The molecule has 1 amide bonds. The Hall–Kier alpha value is -3.70. The summed E-state index contributed by atoms with van der Waals surface area (Å²) in [4.78, 5) is 21.2. The third-order valence-corrected chi connectivity index (χ3v) is 4.87. The van der Waals surface area contributed by atoms with Crippen molar-refractivity contribution in [1.82, 2.24) is 15.3 Å². The average molecular weight is 430 g/mol. The maximum Gasteiger partial charge on any atom is 0.251 e. The summed E-state index contributed by atoms with van der Waals surface area (Å²) in [5, 5.41) is 3.64. The second kappa shape index (κ2) is 9.87. The van der Waals surface area contributed by atoms with Gasteiger partial charge in [0.05, 0.1) is 0 Å². The van der Waals surface area contributed by atoms with Crippen LogP contribution in [0.15, 0.2) is 91.1 Å². The molecule has 3 aromatic carbocycles. The minimum Gasteiger partial charge on any atom is -0.439 e. The van der Waals surface area contributed by atoms with Gasteiger partial charge >= 0.3 is 0 Å². The summed E-state index contributed by atoms with van der Waals surface area (Å²) in [5.41, 5.74) is 2.50. The third kappa shape index (κ3) is 5.68. The highest BCUT2D eigenvalue weighted by Gasteiger charge is 2.08. The predicted octanol–water partition coefficient (Wildman–Crippen LogP) is 5.56. The van der Waals surface area contributed by atoms with Crippen LogP contribution in [-0.2, 0) is 6.42 Å². The molecule has 0 spiro atoms. The van der Waals surface area contributed by atoms with E-state index in [9.17, 15) is 4.79 Å². The molecule has 0 radical (unpaired) electrons. The van der Waals surface area contributed by atoms with E-state index in [1.165, 1.54) is 0 Å². The number of nitrogens with one attached hydrogen (secondary N) is 1. The third-order valence-electron chi connectivity index (χ3n) is 4.61. The standard InChI is InChI=1S/C25H20ClN3O2/c26-21-12-6-18(7-13-21)14-16-28-25(30)20-10-8-19(9-11-20)24-27-17-15-23(29-24)31-22-4-2-1-3-5-22/h1-13,15,17H,14,16H2,(H,28,30). The summed E-state index contributed by atoms with van der Waals surface area (Å²) >= 11 is 5.89. The maximum atomic E-state index is 12.4. The number of para-hydroxylation sites is 1. The van der Waals surface area contributed by atoms with Crippen molar-refractivity contribution >= 4 is 17.5 Å². The molecular weight excluding hydrogens is 410 g/mol. The van der Waals surface area contributed by atoms with Gasteiger partial charge in [-0.25, -0.2) is 4.98 Å². The summed E-state index contributed by atoms with van der Waals surface area (Å²) in [6, 6.07) is 26.0. The van der Waals surface area contributed by atoms with Crippen LogP contribution in [0.5, 0.6) is 11.6 Å². The van der Waals surface area contributed by atoms with Gasteiger partial charge in [-0.2, -0.15) is 4.98 Å². The van der Waals surface area contributed by atoms with E-state index in [0.717, 1.165) is 17.5 Å². The zero-order valence-corrected chi connectivity index (χ0v) is 17.4. The Labute approximate surface area is 185 Å². The van der Waals surface area contributed by atoms with Crippen molar-refractivity contribution in [2.45, 2.75) is 6.42 Å². The smallest absolute Gasteiger partial charge is 0.251 e. The molecule has 0 saturated heterocycles. The molecule has 1 aromatic heterocycles. The lowest BCUT2D eigenvalue weighted by Crippen LogP contribution is -2.25. The van der Waals surface area contributed by atoms with Gasteiger partial charge in [-0.15, -0.1) is 0 Å². The van der Waals surface area contributed by atoms with Gasteiger partial charge in [0.2, 0.25) is 5.88 Å². The molecule has 0 aliphatic heterocycles. The highest BCUT2D eigenvalue weighted by molar-refractivity contribution is 6.30. The molecule has 0 atom stereocenters. The van der Waals surface area contributed by atoms with Crippen LogP contribution in [0.3, 0.4) is 0 Å². The number of hydrogen-bond donors (Lipinski definition) is 1. The van der Waals surface area contributed by atoms with Crippen molar-refractivity contribution in [3.8, 4) is 23.0 Å². The lowest BCUT2D eigenvalue weighted by atomic mass is 10.1. The van der Waals surface area contributed by atoms with Gasteiger partial charge in [0.1, 0.15) is 5.75 Å². The van der Waals surface area contributed by atoms with Crippen molar-refractivity contribution in [2.24, 2.45) is 0 Å². The van der Waals surface area contributed by atoms with Crippen LogP contribution in [0.25, 0.3) is 11.4 Å². The van der Waals surface area contributed by atoms with Gasteiger partial charge in [0.25, 0.3) is 5.91 Å². The minimum absolute atomic E-state index is 0.123. The monoisotopic (exact) mass is 429 g/mol. The van der Waals surface area contributed by atoms with Crippen molar-refractivity contribution in [1.29, 1.82) is 0 Å². The quantitative estimate of drug-likeness (QED) is 0.417. The summed E-state index contributed by atoms with van der Waals surface area (Å²) in [5.74, 6) is 1.57. The lowest BCUT2D eigenvalue weighted by Gasteiger charge is -2.08. The van der Waals surface area contributed by atoms with E-state index in [4.69, 9.17) is 16.3 Å². The molecule has 154 valence electrons. The zero-order chi connectivity index (χ0) is 21.5. The van der Waals surface area contributed by atoms with Crippen molar-refractivity contribution in [3.05, 3.63) is 107 Å². The number of carbonyl (C=O) groups is 1. The minimum atomic E-state index is -0.123. The van der Waals surface area contributed by atoms with Crippen LogP contribution in [-0.4, -0.2) is 22.4 Å². The van der Waals surface area contributed by atoms with Gasteiger partial charge in [0, 0.05) is 35.0 Å². The number of benzene rings is 3. The van der Waals surface area contributed by atoms with Crippen LogP contribution in [0.4, 0.5) is 0 Å². The second-order valence-electron chi connectivity index (χ2n) is 6.84. The summed E-state index contributed by atoms with van der Waals surface area (Å²) < 4.78 is 5.77. The molecule has 0 aliphatic rings. The highest BCUT2D eigenvalue weighted by atomic mass is 35.5. The number of halogens is 1. The molecule has 0 bridgehead atoms. The number of rotatable bonds is 7. The van der Waals surface area contributed by atoms with E-state index < -0.39 is 0 Å². The Morgan fingerprint density at radius 1 is 0.903 bits per heavy atom. The Kier molecular flexibility index (Phi) is 6.55. The van der Waals surface area contributed by atoms with Crippen LogP contribution < -0.4 is 10.1 Å². The number of ether oxygens (including phenoxy) is 1. The number of amides is 1. The average Bonchev–Trinajstić information content (AvgIpc) is 2.81. The SMILES string of the molecule is O=C(NCCc1ccc(Cl)cc1)c1ccc(-c2nccc(Oc3ccccc3)n2)cc1. The van der Waals surface area contributed by atoms with Crippen LogP contribution in [0.1, 0.15) is 15.9 Å². The van der Waals surface area contributed by atoms with Crippen LogP contribution in [0, 0.1) is 0 Å². The van der Waals surface area contributed by atoms with Gasteiger partial charge in [0.15, 0.2) is 5.82 Å². The van der Waals surface area contributed by atoms with Gasteiger partial charge < -0.3 is 10.1 Å². The van der Waals surface area contributed by atoms with Crippen molar-refractivity contribution in [2.75, 3.05) is 6.54 Å². The largest absolute Gasteiger partial charge is 0.439 e. The van der Waals surface area contributed by atoms with Crippen molar-refractivity contribution in [3.63, 3.8) is 0 Å². The molecule has 0 aliphatic carbocycles. The molecule has 0 unspecified atom stereocenters. The first-order valence-electron chi connectivity index (χ1n) is 9.86. The summed E-state index contributed by atoms with van der Waals surface area (Å²) in [6.45, 7) is 0.546. The fourth-order valence-electron chi connectivity index (χ4n) is 2.99. The number of carbonyl (C=O) groups excluding carboxylic acids is 1. The Bertz CT molecular complexity index is 1150. The van der Waals surface area contributed by atoms with Gasteiger partial charge in [-0.05, 0) is 48.4 Å². The van der Waals surface area contributed by atoms with Gasteiger partial charge in [-0.3, -0.25) is 4.79 Å². The summed E-state index contributed by atoms with van der Waals surface area (Å²) in [6.07, 6.45) is 2.39. The zero-order valence-electron chi connectivity index (χ0n) is 16.7. The van der Waals surface area contributed by atoms with Gasteiger partial charge in [-0.1, -0.05) is 54.1 Å². The molecule has 6 heteroatoms. The molecule has 4 aromatic rings. The van der Waals surface area contributed by atoms with E-state index in [2.05, 4.69) is 15.3 Å². The molecule has 0 fully saturated rings. The number of aromatic nitrogens is 2. The molecule has 1 N–H and O–H groups in total. The first-order chi connectivity index (χ1) is 15.2. The predicted molar refractivity (Wildman–Crippen MR) is 121 cm³/mol. The Morgan fingerprint density at radius 3 is 2.39 bits per heavy atom. The molecular formula is C25H20ClN3O2. The molecule has 5 nitrogen and oxygen atoms in total. The number of nitrogens with zero attached hydrogens (tertiary/aromatic N) is 2. The van der Waals surface area contributed by atoms with E-state index in [-0.39, 0.29) is 5.91 Å². The topological polar surface area (TPSA) is 64.1 Å². The van der Waals surface area contributed by atoms with Crippen LogP contribution in [0.2, 0.25) is 5.02 Å². The van der Waals surface area contributed by atoms with E-state index in [0.29, 0.717) is 34.6 Å². The van der Waals surface area contributed by atoms with E-state index >= 15 is 0 Å². The highest BCUT2D eigenvalue weighted by Crippen LogP contribution is 2.22. The molecule has 4 rings (SSSR count). The van der Waals surface area contributed by atoms with E-state index in [1.807, 2.05) is 66.7 Å². The van der Waals surface area contributed by atoms with Crippen molar-refractivity contribution < 1.29 is 9.53 Å². The first kappa shape index (κ1) is 20.6. The fraction of sp³-hybridized carbons (Fsp3) is 0.0800. The fourth-order valence-corrected chi connectivity index (χ4v) is 3.12. The molecule has 1 heterocycles.